The van der Waals surface area contributed by atoms with Crippen molar-refractivity contribution in [1.82, 2.24) is 13.9 Å². The second kappa shape index (κ2) is 8.28. The summed E-state index contributed by atoms with van der Waals surface area (Å²) in [6, 6.07) is 8.71. The largest absolute Gasteiger partial charge is 0.327 e. The van der Waals surface area contributed by atoms with Gasteiger partial charge in [0.15, 0.2) is 0 Å². The molecular weight excluding hydrogens is 410 g/mol. The molecule has 0 spiro atoms. The van der Waals surface area contributed by atoms with Crippen LogP contribution in [0.2, 0.25) is 0 Å². The number of aryl methyl sites for hydroxylation is 1. The third-order valence-electron chi connectivity index (χ3n) is 6.22. The van der Waals surface area contributed by atoms with Crippen molar-refractivity contribution in [2.24, 2.45) is 5.92 Å². The molecule has 0 amide bonds. The van der Waals surface area contributed by atoms with E-state index in [-0.39, 0.29) is 21.9 Å². The fraction of sp³-hybridized carbons (Fsp3) is 0.458. The van der Waals surface area contributed by atoms with Crippen molar-refractivity contribution in [2.45, 2.75) is 57.9 Å². The maximum Gasteiger partial charge on any atom is 0.273 e. The zero-order valence-corrected chi connectivity index (χ0v) is 19.5. The van der Waals surface area contributed by atoms with Gasteiger partial charge in [0.05, 0.1) is 4.90 Å². The van der Waals surface area contributed by atoms with Gasteiger partial charge in [0.25, 0.3) is 15.6 Å². The molecule has 0 bridgehead atoms. The molecule has 1 aliphatic rings. The summed E-state index contributed by atoms with van der Waals surface area (Å²) in [7, 11) is -3.93. The van der Waals surface area contributed by atoms with E-state index in [0.717, 1.165) is 36.0 Å². The van der Waals surface area contributed by atoms with Gasteiger partial charge in [-0.2, -0.15) is 0 Å². The Bertz CT molecular complexity index is 1250. The van der Waals surface area contributed by atoms with Gasteiger partial charge in [-0.25, -0.2) is 12.4 Å². The molecule has 3 aromatic rings. The summed E-state index contributed by atoms with van der Waals surface area (Å²) in [5.41, 5.74) is 2.41. The summed E-state index contributed by atoms with van der Waals surface area (Å²) in [5.74, 6) is 0.732. The maximum absolute atomic E-state index is 13.8. The Morgan fingerprint density at radius 1 is 1.19 bits per heavy atom. The van der Waals surface area contributed by atoms with E-state index >= 15 is 0 Å². The van der Waals surface area contributed by atoms with Crippen LogP contribution in [0.25, 0.3) is 10.9 Å². The monoisotopic (exact) mass is 441 g/mol. The lowest BCUT2D eigenvalue weighted by Gasteiger charge is -2.30. The summed E-state index contributed by atoms with van der Waals surface area (Å²) in [6.45, 7) is 10.6. The maximum atomic E-state index is 13.8. The smallest absolute Gasteiger partial charge is 0.273 e. The summed E-state index contributed by atoms with van der Waals surface area (Å²) in [6.07, 6.45) is 4.01. The fourth-order valence-corrected chi connectivity index (χ4v) is 6.14. The van der Waals surface area contributed by atoms with E-state index in [1.54, 1.807) is 30.5 Å². The van der Waals surface area contributed by atoms with E-state index in [2.05, 4.69) is 16.8 Å². The standard InChI is InChI=1S/C24H31N3O3S/c1-16(2)22-13-25-24(28)23-21(22)12-19(15-26-11-5-6-18(4)14-26)27(23)31(29,30)20-9-7-17(3)8-10-20/h7-10,12-13,16,18H,5-6,11,14-15H2,1-4H3,(H,25,28)/t18-/m0/s1. The second-order valence-electron chi connectivity index (χ2n) is 9.19. The van der Waals surface area contributed by atoms with E-state index < -0.39 is 10.0 Å². The number of benzene rings is 1. The number of fused-ring (bicyclic) bond motifs is 1. The van der Waals surface area contributed by atoms with Crippen LogP contribution in [-0.4, -0.2) is 35.4 Å². The first-order valence-electron chi connectivity index (χ1n) is 11.0. The first-order valence-corrected chi connectivity index (χ1v) is 12.4. The number of nitrogens with zero attached hydrogens (tertiary/aromatic N) is 2. The van der Waals surface area contributed by atoms with Gasteiger partial charge in [-0.05, 0) is 61.9 Å². The van der Waals surface area contributed by atoms with Crippen LogP contribution in [0.15, 0.2) is 46.2 Å². The minimum absolute atomic E-state index is 0.153. The molecule has 1 fully saturated rings. The number of aromatic amines is 1. The van der Waals surface area contributed by atoms with Gasteiger partial charge in [0.2, 0.25) is 0 Å². The van der Waals surface area contributed by atoms with Crippen molar-refractivity contribution in [3.8, 4) is 0 Å². The predicted octanol–water partition coefficient (Wildman–Crippen LogP) is 4.23. The first-order chi connectivity index (χ1) is 14.7. The minimum Gasteiger partial charge on any atom is -0.327 e. The van der Waals surface area contributed by atoms with Gasteiger partial charge in [-0.15, -0.1) is 0 Å². The molecule has 0 radical (unpaired) electrons. The Morgan fingerprint density at radius 3 is 2.55 bits per heavy atom. The summed E-state index contributed by atoms with van der Waals surface area (Å²) in [4.78, 5) is 18.2. The Labute approximate surface area is 183 Å². The normalized spacial score (nSPS) is 18.2. The van der Waals surface area contributed by atoms with E-state index in [4.69, 9.17) is 0 Å². The van der Waals surface area contributed by atoms with E-state index in [1.165, 1.54) is 10.4 Å². The molecule has 3 heterocycles. The Balaban J connectivity index is 1.95. The highest BCUT2D eigenvalue weighted by molar-refractivity contribution is 7.90. The average Bonchev–Trinajstić information content (AvgIpc) is 3.08. The number of pyridine rings is 1. The van der Waals surface area contributed by atoms with Gasteiger partial charge >= 0.3 is 0 Å². The van der Waals surface area contributed by atoms with E-state index in [1.807, 2.05) is 26.8 Å². The van der Waals surface area contributed by atoms with Crippen LogP contribution in [-0.2, 0) is 16.6 Å². The highest BCUT2D eigenvalue weighted by atomic mass is 32.2. The van der Waals surface area contributed by atoms with Crippen molar-refractivity contribution in [1.29, 1.82) is 0 Å². The van der Waals surface area contributed by atoms with Gasteiger partial charge < -0.3 is 4.98 Å². The Morgan fingerprint density at radius 2 is 1.90 bits per heavy atom. The number of piperidine rings is 1. The molecule has 1 aliphatic heterocycles. The molecule has 6 nitrogen and oxygen atoms in total. The molecule has 4 rings (SSSR count). The lowest BCUT2D eigenvalue weighted by Crippen LogP contribution is -2.35. The van der Waals surface area contributed by atoms with Crippen molar-refractivity contribution in [2.75, 3.05) is 13.1 Å². The van der Waals surface area contributed by atoms with Crippen molar-refractivity contribution in [3.05, 3.63) is 63.7 Å². The molecule has 2 aromatic heterocycles. The van der Waals surface area contributed by atoms with Gasteiger partial charge in [0.1, 0.15) is 5.52 Å². The Kier molecular flexibility index (Phi) is 5.83. The van der Waals surface area contributed by atoms with Crippen LogP contribution in [0.1, 0.15) is 56.4 Å². The second-order valence-corrected chi connectivity index (χ2v) is 11.0. The third-order valence-corrected chi connectivity index (χ3v) is 7.99. The summed E-state index contributed by atoms with van der Waals surface area (Å²) in [5, 5.41) is 0.717. The van der Waals surface area contributed by atoms with Gasteiger partial charge in [-0.3, -0.25) is 9.69 Å². The minimum atomic E-state index is -3.93. The molecule has 7 heteroatoms. The molecule has 1 N–H and O–H groups in total. The highest BCUT2D eigenvalue weighted by Gasteiger charge is 2.28. The molecule has 1 aromatic carbocycles. The van der Waals surface area contributed by atoms with Crippen molar-refractivity contribution in [3.63, 3.8) is 0 Å². The molecule has 31 heavy (non-hydrogen) atoms. The molecule has 1 saturated heterocycles. The number of hydrogen-bond donors (Lipinski definition) is 1. The molecular formula is C24H31N3O3S. The van der Waals surface area contributed by atoms with Crippen LogP contribution in [0.3, 0.4) is 0 Å². The number of H-pyrrole nitrogens is 1. The van der Waals surface area contributed by atoms with Crippen molar-refractivity contribution < 1.29 is 8.42 Å². The zero-order valence-electron chi connectivity index (χ0n) is 18.7. The molecule has 1 atom stereocenters. The fourth-order valence-electron chi connectivity index (χ4n) is 4.61. The van der Waals surface area contributed by atoms with Crippen LogP contribution in [0, 0.1) is 12.8 Å². The predicted molar refractivity (Wildman–Crippen MR) is 124 cm³/mol. The molecule has 0 saturated carbocycles. The van der Waals surface area contributed by atoms with Gasteiger partial charge in [-0.1, -0.05) is 38.5 Å². The average molecular weight is 442 g/mol. The first kappa shape index (κ1) is 21.8. The molecule has 0 aliphatic carbocycles. The Hall–Kier alpha value is -2.38. The number of hydrogen-bond acceptors (Lipinski definition) is 4. The lowest BCUT2D eigenvalue weighted by atomic mass is 10.00. The SMILES string of the molecule is Cc1ccc(S(=O)(=O)n2c(CN3CCC[C@H](C)C3)cc3c(C(C)C)c[nH]c(=O)c32)cc1. The number of nitrogens with one attached hydrogen (secondary N) is 1. The van der Waals surface area contributed by atoms with Gasteiger partial charge in [0, 0.05) is 30.4 Å². The number of likely N-dealkylation sites (tertiary alicyclic amines) is 1. The zero-order chi connectivity index (χ0) is 22.3. The van der Waals surface area contributed by atoms with Crippen LogP contribution < -0.4 is 5.56 Å². The summed E-state index contributed by atoms with van der Waals surface area (Å²) < 4.78 is 28.8. The third kappa shape index (κ3) is 4.08. The van der Waals surface area contributed by atoms with Crippen LogP contribution in [0.4, 0.5) is 0 Å². The topological polar surface area (TPSA) is 75.2 Å². The lowest BCUT2D eigenvalue weighted by molar-refractivity contribution is 0.174. The van der Waals surface area contributed by atoms with E-state index in [9.17, 15) is 13.2 Å². The summed E-state index contributed by atoms with van der Waals surface area (Å²) >= 11 is 0. The van der Waals surface area contributed by atoms with Crippen LogP contribution >= 0.6 is 0 Å². The van der Waals surface area contributed by atoms with Crippen LogP contribution in [0.5, 0.6) is 0 Å². The van der Waals surface area contributed by atoms with E-state index in [0.29, 0.717) is 18.2 Å². The molecule has 166 valence electrons. The quantitative estimate of drug-likeness (QED) is 0.643. The highest BCUT2D eigenvalue weighted by Crippen LogP contribution is 2.30. The number of rotatable bonds is 5. The molecule has 0 unspecified atom stereocenters. The number of aromatic nitrogens is 2. The van der Waals surface area contributed by atoms with Crippen molar-refractivity contribution >= 4 is 20.9 Å².